The third-order valence-electron chi connectivity index (χ3n) is 5.45. The fourth-order valence-electron chi connectivity index (χ4n) is 3.67. The summed E-state index contributed by atoms with van der Waals surface area (Å²) in [6, 6.07) is 4.71. The lowest BCUT2D eigenvalue weighted by atomic mass is 9.88. The van der Waals surface area contributed by atoms with Crippen LogP contribution in [0.3, 0.4) is 0 Å². The van der Waals surface area contributed by atoms with Crippen LogP contribution in [0.5, 0.6) is 0 Å². The van der Waals surface area contributed by atoms with E-state index in [0.29, 0.717) is 24.4 Å². The SMILES string of the molecule is Cc1cc([C@H]2CC[C@H](C(=O)NCC3CC3)CN2C(=O)NC(C)C)ccc1F. The van der Waals surface area contributed by atoms with Gasteiger partial charge in [-0.2, -0.15) is 0 Å². The molecule has 0 unspecified atom stereocenters. The molecule has 1 heterocycles. The van der Waals surface area contributed by atoms with Gasteiger partial charge in [-0.1, -0.05) is 12.1 Å². The normalized spacial score (nSPS) is 22.6. The zero-order valence-corrected chi connectivity index (χ0v) is 16.4. The van der Waals surface area contributed by atoms with Crippen LogP contribution < -0.4 is 10.6 Å². The summed E-state index contributed by atoms with van der Waals surface area (Å²) >= 11 is 0. The number of likely N-dealkylation sites (tertiary alicyclic amines) is 1. The number of piperidine rings is 1. The lowest BCUT2D eigenvalue weighted by molar-refractivity contribution is -0.126. The average Bonchev–Trinajstić information content (AvgIpc) is 3.45. The van der Waals surface area contributed by atoms with Gasteiger partial charge in [0.25, 0.3) is 0 Å². The van der Waals surface area contributed by atoms with Crippen LogP contribution in [0.25, 0.3) is 0 Å². The summed E-state index contributed by atoms with van der Waals surface area (Å²) in [5.74, 6) is 0.232. The van der Waals surface area contributed by atoms with E-state index < -0.39 is 0 Å². The van der Waals surface area contributed by atoms with Crippen LogP contribution in [0.2, 0.25) is 0 Å². The molecule has 1 saturated carbocycles. The van der Waals surface area contributed by atoms with Crippen LogP contribution >= 0.6 is 0 Å². The van der Waals surface area contributed by atoms with Crippen LogP contribution in [0.4, 0.5) is 9.18 Å². The first-order valence-electron chi connectivity index (χ1n) is 9.96. The molecule has 2 fully saturated rings. The number of benzene rings is 1. The number of nitrogens with one attached hydrogen (secondary N) is 2. The maximum atomic E-state index is 13.7. The van der Waals surface area contributed by atoms with Gasteiger partial charge in [0.05, 0.1) is 12.0 Å². The Balaban J connectivity index is 1.75. The molecule has 6 heteroatoms. The van der Waals surface area contributed by atoms with Crippen molar-refractivity contribution in [3.63, 3.8) is 0 Å². The van der Waals surface area contributed by atoms with Gasteiger partial charge in [-0.15, -0.1) is 0 Å². The van der Waals surface area contributed by atoms with E-state index in [0.717, 1.165) is 18.5 Å². The molecule has 148 valence electrons. The first-order valence-corrected chi connectivity index (χ1v) is 9.96. The Bertz CT molecular complexity index is 703. The summed E-state index contributed by atoms with van der Waals surface area (Å²) < 4.78 is 13.7. The third kappa shape index (κ3) is 4.99. The van der Waals surface area contributed by atoms with Crippen LogP contribution in [0.15, 0.2) is 18.2 Å². The summed E-state index contributed by atoms with van der Waals surface area (Å²) in [7, 11) is 0. The predicted molar refractivity (Wildman–Crippen MR) is 103 cm³/mol. The molecule has 1 aromatic carbocycles. The van der Waals surface area contributed by atoms with Crippen molar-refractivity contribution in [2.45, 2.75) is 58.5 Å². The number of carbonyl (C=O) groups is 2. The highest BCUT2D eigenvalue weighted by Crippen LogP contribution is 2.34. The number of hydrogen-bond acceptors (Lipinski definition) is 2. The number of halogens is 1. The Morgan fingerprint density at radius 3 is 2.59 bits per heavy atom. The van der Waals surface area contributed by atoms with Gasteiger partial charge in [0, 0.05) is 19.1 Å². The molecule has 0 radical (unpaired) electrons. The maximum absolute atomic E-state index is 13.7. The molecule has 2 N–H and O–H groups in total. The van der Waals surface area contributed by atoms with Gasteiger partial charge in [0.15, 0.2) is 0 Å². The second kappa shape index (κ2) is 8.28. The summed E-state index contributed by atoms with van der Waals surface area (Å²) in [5.41, 5.74) is 1.49. The molecule has 27 heavy (non-hydrogen) atoms. The Hall–Kier alpha value is -2.11. The highest BCUT2D eigenvalue weighted by molar-refractivity contribution is 5.81. The van der Waals surface area contributed by atoms with E-state index in [1.807, 2.05) is 19.9 Å². The topological polar surface area (TPSA) is 61.4 Å². The van der Waals surface area contributed by atoms with Gasteiger partial charge < -0.3 is 15.5 Å². The quantitative estimate of drug-likeness (QED) is 0.827. The third-order valence-corrected chi connectivity index (χ3v) is 5.45. The smallest absolute Gasteiger partial charge is 0.318 e. The van der Waals surface area contributed by atoms with Gasteiger partial charge in [0.2, 0.25) is 5.91 Å². The molecule has 0 aromatic heterocycles. The number of urea groups is 1. The van der Waals surface area contributed by atoms with E-state index in [2.05, 4.69) is 10.6 Å². The Kier molecular flexibility index (Phi) is 6.02. The molecular weight excluding hydrogens is 345 g/mol. The van der Waals surface area contributed by atoms with Gasteiger partial charge in [0.1, 0.15) is 5.82 Å². The van der Waals surface area contributed by atoms with Crippen LogP contribution in [-0.2, 0) is 4.79 Å². The predicted octanol–water partition coefficient (Wildman–Crippen LogP) is 3.53. The zero-order chi connectivity index (χ0) is 19.6. The van der Waals surface area contributed by atoms with E-state index in [1.165, 1.54) is 18.9 Å². The monoisotopic (exact) mass is 375 g/mol. The van der Waals surface area contributed by atoms with E-state index in [4.69, 9.17) is 0 Å². The van der Waals surface area contributed by atoms with E-state index >= 15 is 0 Å². The average molecular weight is 375 g/mol. The molecule has 0 spiro atoms. The number of nitrogens with zero attached hydrogens (tertiary/aromatic N) is 1. The van der Waals surface area contributed by atoms with Crippen molar-refractivity contribution in [3.8, 4) is 0 Å². The van der Waals surface area contributed by atoms with Crippen molar-refractivity contribution in [1.29, 1.82) is 0 Å². The van der Waals surface area contributed by atoms with Crippen molar-refractivity contribution < 1.29 is 14.0 Å². The minimum Gasteiger partial charge on any atom is -0.356 e. The van der Waals surface area contributed by atoms with E-state index in [-0.39, 0.29) is 35.8 Å². The Labute approximate surface area is 160 Å². The van der Waals surface area contributed by atoms with Crippen molar-refractivity contribution in [2.75, 3.05) is 13.1 Å². The molecule has 2 aliphatic rings. The molecule has 3 amide bonds. The lowest BCUT2D eigenvalue weighted by Crippen LogP contribution is -2.51. The molecule has 0 bridgehead atoms. The van der Waals surface area contributed by atoms with Crippen molar-refractivity contribution in [1.82, 2.24) is 15.5 Å². The Morgan fingerprint density at radius 1 is 1.22 bits per heavy atom. The fraction of sp³-hybridized carbons (Fsp3) is 0.619. The molecule has 3 rings (SSSR count). The molecule has 5 nitrogen and oxygen atoms in total. The number of hydrogen-bond donors (Lipinski definition) is 2. The highest BCUT2D eigenvalue weighted by Gasteiger charge is 2.36. The summed E-state index contributed by atoms with van der Waals surface area (Å²) in [6.45, 7) is 6.69. The molecule has 1 aliphatic carbocycles. The zero-order valence-electron chi connectivity index (χ0n) is 16.4. The standard InChI is InChI=1S/C21H30FN3O2/c1-13(2)24-21(27)25-12-17(20(26)23-11-15-4-5-15)7-9-19(25)16-6-8-18(22)14(3)10-16/h6,8,10,13,15,17,19H,4-5,7,9,11-12H2,1-3H3,(H,23,26)(H,24,27)/t17-,19+/m0/s1. The summed E-state index contributed by atoms with van der Waals surface area (Å²) in [6.07, 6.45) is 3.81. The van der Waals surface area contributed by atoms with E-state index in [1.54, 1.807) is 17.9 Å². The van der Waals surface area contributed by atoms with Crippen molar-refractivity contribution in [2.24, 2.45) is 11.8 Å². The molecule has 1 aromatic rings. The number of carbonyl (C=O) groups excluding carboxylic acids is 2. The molecule has 1 aliphatic heterocycles. The minimum absolute atomic E-state index is 0.0113. The van der Waals surface area contributed by atoms with E-state index in [9.17, 15) is 14.0 Å². The van der Waals surface area contributed by atoms with Crippen LogP contribution in [0.1, 0.15) is 56.7 Å². The Morgan fingerprint density at radius 2 is 1.96 bits per heavy atom. The second-order valence-corrected chi connectivity index (χ2v) is 8.24. The van der Waals surface area contributed by atoms with Gasteiger partial charge >= 0.3 is 6.03 Å². The van der Waals surface area contributed by atoms with Crippen molar-refractivity contribution in [3.05, 3.63) is 35.1 Å². The van der Waals surface area contributed by atoms with Gasteiger partial charge in [-0.05, 0) is 69.6 Å². The molecule has 1 saturated heterocycles. The number of rotatable bonds is 5. The van der Waals surface area contributed by atoms with Crippen molar-refractivity contribution >= 4 is 11.9 Å². The highest BCUT2D eigenvalue weighted by atomic mass is 19.1. The largest absolute Gasteiger partial charge is 0.356 e. The lowest BCUT2D eigenvalue weighted by Gasteiger charge is -2.40. The fourth-order valence-corrected chi connectivity index (χ4v) is 3.67. The second-order valence-electron chi connectivity index (χ2n) is 8.24. The number of aryl methyl sites for hydroxylation is 1. The number of amides is 3. The maximum Gasteiger partial charge on any atom is 0.318 e. The summed E-state index contributed by atoms with van der Waals surface area (Å²) in [5, 5.41) is 5.98. The van der Waals surface area contributed by atoms with Gasteiger partial charge in [-0.3, -0.25) is 4.79 Å². The first-order chi connectivity index (χ1) is 12.8. The first kappa shape index (κ1) is 19.6. The minimum atomic E-state index is -0.245. The molecular formula is C21H30FN3O2. The van der Waals surface area contributed by atoms with Gasteiger partial charge in [-0.25, -0.2) is 9.18 Å². The molecule has 2 atom stereocenters. The van der Waals surface area contributed by atoms with Crippen LogP contribution in [0, 0.1) is 24.6 Å². The van der Waals surface area contributed by atoms with Crippen LogP contribution in [-0.4, -0.2) is 36.0 Å². The summed E-state index contributed by atoms with van der Waals surface area (Å²) in [4.78, 5) is 27.1.